The first-order valence-electron chi connectivity index (χ1n) is 11.7. The first-order chi connectivity index (χ1) is 17.4. The van der Waals surface area contributed by atoms with E-state index in [2.05, 4.69) is 10.4 Å². The second-order valence-electron chi connectivity index (χ2n) is 9.66. The van der Waals surface area contributed by atoms with Crippen LogP contribution in [0.4, 0.5) is 27.6 Å². The van der Waals surface area contributed by atoms with E-state index in [1.165, 1.54) is 29.7 Å². The van der Waals surface area contributed by atoms with Crippen molar-refractivity contribution in [1.82, 2.24) is 14.3 Å². The largest absolute Gasteiger partial charge is 0.480 e. The molecule has 0 saturated heterocycles. The van der Waals surface area contributed by atoms with Crippen LogP contribution >= 0.6 is 0 Å². The molecule has 196 valence electrons. The van der Waals surface area contributed by atoms with Crippen LogP contribution in [0.5, 0.6) is 5.75 Å². The molecular formula is C25H23F5N4O3. The molecular weight excluding hydrogens is 499 g/mol. The van der Waals surface area contributed by atoms with E-state index >= 15 is 4.39 Å². The molecule has 7 nitrogen and oxygen atoms in total. The number of halogens is 5. The molecule has 12 heteroatoms. The van der Waals surface area contributed by atoms with Gasteiger partial charge in [-0.2, -0.15) is 17.9 Å². The number of aromatic nitrogens is 3. The van der Waals surface area contributed by atoms with Crippen LogP contribution < -0.4 is 15.7 Å². The van der Waals surface area contributed by atoms with E-state index in [9.17, 15) is 27.2 Å². The number of carbonyl (C=O) groups is 1. The summed E-state index contributed by atoms with van der Waals surface area (Å²) in [4.78, 5) is 26.0. The van der Waals surface area contributed by atoms with Crippen molar-refractivity contribution in [1.29, 1.82) is 0 Å². The number of nitrogens with zero attached hydrogens (tertiary/aromatic N) is 3. The Bertz CT molecular complexity index is 1460. The quantitative estimate of drug-likeness (QED) is 0.482. The average Bonchev–Trinajstić information content (AvgIpc) is 3.50. The number of carbonyl (C=O) groups excluding carboxylic acids is 1. The average molecular weight is 522 g/mol. The topological polar surface area (TPSA) is 78.2 Å². The van der Waals surface area contributed by atoms with Crippen molar-refractivity contribution in [3.63, 3.8) is 0 Å². The third-order valence-corrected chi connectivity index (χ3v) is 7.10. The molecule has 1 aliphatic heterocycles. The third kappa shape index (κ3) is 4.60. The Morgan fingerprint density at radius 3 is 2.57 bits per heavy atom. The zero-order chi connectivity index (χ0) is 26.7. The molecule has 1 fully saturated rings. The molecule has 2 aliphatic rings. The molecule has 1 N–H and O–H groups in total. The number of nitrogens with one attached hydrogen (secondary N) is 1. The normalized spacial score (nSPS) is 16.8. The van der Waals surface area contributed by atoms with Crippen LogP contribution in [0.2, 0.25) is 0 Å². The van der Waals surface area contributed by atoms with Crippen LogP contribution in [0.25, 0.3) is 5.69 Å². The van der Waals surface area contributed by atoms with Gasteiger partial charge in [0.05, 0.1) is 5.56 Å². The van der Waals surface area contributed by atoms with Crippen molar-refractivity contribution >= 4 is 11.6 Å². The van der Waals surface area contributed by atoms with Gasteiger partial charge in [-0.25, -0.2) is 13.6 Å². The second kappa shape index (κ2) is 8.70. The summed E-state index contributed by atoms with van der Waals surface area (Å²) in [5.74, 6) is -2.83. The van der Waals surface area contributed by atoms with Gasteiger partial charge in [0, 0.05) is 30.3 Å². The first-order valence-corrected chi connectivity index (χ1v) is 11.7. The Morgan fingerprint density at radius 2 is 1.89 bits per heavy atom. The minimum Gasteiger partial charge on any atom is -0.480 e. The number of rotatable bonds is 5. The van der Waals surface area contributed by atoms with Gasteiger partial charge in [0.25, 0.3) is 5.91 Å². The fourth-order valence-electron chi connectivity index (χ4n) is 4.50. The molecule has 0 radical (unpaired) electrons. The maximum atomic E-state index is 15.3. The number of anilines is 1. The highest BCUT2D eigenvalue weighted by molar-refractivity contribution is 6.06. The maximum Gasteiger partial charge on any atom is 0.425 e. The molecule has 0 bridgehead atoms. The monoisotopic (exact) mass is 522 g/mol. The van der Waals surface area contributed by atoms with Gasteiger partial charge in [-0.3, -0.25) is 9.36 Å². The van der Waals surface area contributed by atoms with Crippen molar-refractivity contribution in [2.24, 2.45) is 5.41 Å². The summed E-state index contributed by atoms with van der Waals surface area (Å²) < 4.78 is 76.4. The molecule has 2 aromatic carbocycles. The molecule has 2 heterocycles. The van der Waals surface area contributed by atoms with E-state index < -0.39 is 52.5 Å². The highest BCUT2D eigenvalue weighted by atomic mass is 19.4. The number of hydrogen-bond donors (Lipinski definition) is 1. The Hall–Kier alpha value is -3.70. The van der Waals surface area contributed by atoms with Crippen molar-refractivity contribution < 1.29 is 31.5 Å². The molecule has 37 heavy (non-hydrogen) atoms. The Balaban J connectivity index is 1.56. The lowest BCUT2D eigenvalue weighted by Gasteiger charge is -2.20. The number of alkyl halides is 3. The van der Waals surface area contributed by atoms with E-state index in [1.54, 1.807) is 0 Å². The van der Waals surface area contributed by atoms with Crippen LogP contribution in [0.15, 0.2) is 35.1 Å². The molecule has 1 amide bonds. The predicted octanol–water partition coefficient (Wildman–Crippen LogP) is 4.93. The van der Waals surface area contributed by atoms with E-state index in [1.807, 2.05) is 0 Å². The zero-order valence-electron chi connectivity index (χ0n) is 20.0. The molecule has 1 saturated carbocycles. The summed E-state index contributed by atoms with van der Waals surface area (Å²) in [5.41, 5.74) is -1.39. The fourth-order valence-corrected chi connectivity index (χ4v) is 4.50. The number of ether oxygens (including phenoxy) is 1. The first kappa shape index (κ1) is 25.0. The SMILES string of the molecule is Cc1c(F)cccc1NC(=O)c1cc(F)c(-n2nc3n(c2=O)CCC2(CC2)C3)cc1O[C@@H](C)C(F)(F)F. The number of hydrogen-bond acceptors (Lipinski definition) is 4. The lowest BCUT2D eigenvalue weighted by Crippen LogP contribution is -2.32. The number of amides is 1. The van der Waals surface area contributed by atoms with Crippen molar-refractivity contribution in [2.75, 3.05) is 5.32 Å². The van der Waals surface area contributed by atoms with Gasteiger partial charge in [-0.05, 0) is 56.7 Å². The summed E-state index contributed by atoms with van der Waals surface area (Å²) in [6.07, 6.45) is -3.75. The van der Waals surface area contributed by atoms with Crippen LogP contribution in [0.1, 0.15) is 47.9 Å². The zero-order valence-corrected chi connectivity index (χ0v) is 20.0. The van der Waals surface area contributed by atoms with Gasteiger partial charge in [0.1, 0.15) is 28.9 Å². The highest BCUT2D eigenvalue weighted by Crippen LogP contribution is 2.53. The molecule has 1 spiro atoms. The summed E-state index contributed by atoms with van der Waals surface area (Å²) >= 11 is 0. The highest BCUT2D eigenvalue weighted by Gasteiger charge is 2.46. The van der Waals surface area contributed by atoms with Gasteiger partial charge >= 0.3 is 11.9 Å². The van der Waals surface area contributed by atoms with Gasteiger partial charge in [-0.1, -0.05) is 6.07 Å². The summed E-state index contributed by atoms with van der Waals surface area (Å²) in [6, 6.07) is 5.45. The standard InChI is InChI=1S/C25H23F5N4O3/c1-13-16(26)4-3-5-18(13)31-22(35)15-10-17(27)19(11-20(15)37-14(2)25(28,29)30)34-23(36)33-9-8-24(6-7-24)12-21(33)32-34/h3-5,10-11,14H,6-9,12H2,1-2H3,(H,31,35)/t14-/m0/s1. The van der Waals surface area contributed by atoms with E-state index in [0.29, 0.717) is 24.9 Å². The Labute approximate surface area is 207 Å². The Kier molecular flexibility index (Phi) is 5.87. The molecule has 1 aromatic heterocycles. The van der Waals surface area contributed by atoms with Gasteiger partial charge in [-0.15, -0.1) is 5.10 Å². The number of fused-ring (bicyclic) bond motifs is 1. The minimum atomic E-state index is -4.79. The van der Waals surface area contributed by atoms with E-state index in [-0.39, 0.29) is 16.7 Å². The number of benzene rings is 2. The van der Waals surface area contributed by atoms with Crippen LogP contribution in [0, 0.1) is 24.0 Å². The van der Waals surface area contributed by atoms with Gasteiger partial charge in [0.15, 0.2) is 6.10 Å². The van der Waals surface area contributed by atoms with Crippen molar-refractivity contribution in [2.45, 2.75) is 58.4 Å². The summed E-state index contributed by atoms with van der Waals surface area (Å²) in [6.45, 7) is 2.55. The molecule has 0 unspecified atom stereocenters. The van der Waals surface area contributed by atoms with Crippen molar-refractivity contribution in [3.8, 4) is 11.4 Å². The van der Waals surface area contributed by atoms with E-state index in [0.717, 1.165) is 36.9 Å². The summed E-state index contributed by atoms with van der Waals surface area (Å²) in [5, 5.41) is 6.63. The molecule has 1 atom stereocenters. The Morgan fingerprint density at radius 1 is 1.16 bits per heavy atom. The molecule has 3 aromatic rings. The van der Waals surface area contributed by atoms with Gasteiger partial charge < -0.3 is 10.1 Å². The predicted molar refractivity (Wildman–Crippen MR) is 123 cm³/mol. The smallest absolute Gasteiger partial charge is 0.425 e. The van der Waals surface area contributed by atoms with Gasteiger partial charge in [0.2, 0.25) is 0 Å². The lowest BCUT2D eigenvalue weighted by molar-refractivity contribution is -0.189. The van der Waals surface area contributed by atoms with Crippen LogP contribution in [-0.4, -0.2) is 32.5 Å². The van der Waals surface area contributed by atoms with Crippen LogP contribution in [-0.2, 0) is 13.0 Å². The third-order valence-electron chi connectivity index (χ3n) is 7.10. The van der Waals surface area contributed by atoms with Crippen molar-refractivity contribution in [3.05, 3.63) is 69.4 Å². The van der Waals surface area contributed by atoms with Crippen LogP contribution in [0.3, 0.4) is 0 Å². The summed E-state index contributed by atoms with van der Waals surface area (Å²) in [7, 11) is 0. The maximum absolute atomic E-state index is 15.3. The molecule has 5 rings (SSSR count). The van der Waals surface area contributed by atoms with E-state index in [4.69, 9.17) is 4.74 Å². The second-order valence-corrected chi connectivity index (χ2v) is 9.66. The minimum absolute atomic E-state index is 0.0521. The molecule has 1 aliphatic carbocycles. The fraction of sp³-hybridized carbons (Fsp3) is 0.400. The lowest BCUT2D eigenvalue weighted by atomic mass is 9.95.